The topological polar surface area (TPSA) is 108 Å². The molecule has 2 bridgehead atoms. The molecular weight excluding hydrogens is 590 g/mol. The molecule has 43 heavy (non-hydrogen) atoms. The molecule has 3 aliphatic heterocycles. The molecule has 0 aliphatic carbocycles. The fourth-order valence-corrected chi connectivity index (χ4v) is 8.04. The number of rotatable bonds is 4. The summed E-state index contributed by atoms with van der Waals surface area (Å²) in [5.41, 5.74) is 3.45. The summed E-state index contributed by atoms with van der Waals surface area (Å²) >= 11 is 8.37. The van der Waals surface area contributed by atoms with Crippen molar-refractivity contribution >= 4 is 56.2 Å². The molecule has 228 valence electrons. The number of nitrogens with zero attached hydrogens (tertiary/aromatic N) is 7. The lowest BCUT2D eigenvalue weighted by Gasteiger charge is -2.33. The van der Waals surface area contributed by atoms with Crippen LogP contribution in [0.15, 0.2) is 22.4 Å². The predicted octanol–water partition coefficient (Wildman–Crippen LogP) is 5.74. The first-order valence-electron chi connectivity index (χ1n) is 14.9. The first-order valence-corrected chi connectivity index (χ1v) is 16.2. The number of carbonyl (C=O) groups excluding carboxylic acids is 1. The fourth-order valence-electron chi connectivity index (χ4n) is 6.93. The number of anilines is 1. The highest BCUT2D eigenvalue weighted by atomic mass is 35.5. The van der Waals surface area contributed by atoms with Gasteiger partial charge in [0.2, 0.25) is 5.95 Å². The zero-order valence-electron chi connectivity index (χ0n) is 25.0. The minimum atomic E-state index is -0.579. The average Bonchev–Trinajstić information content (AvgIpc) is 3.76. The number of aromatic nitrogens is 5. The van der Waals surface area contributed by atoms with Gasteiger partial charge in [-0.1, -0.05) is 11.6 Å². The van der Waals surface area contributed by atoms with Crippen molar-refractivity contribution in [3.05, 3.63) is 33.0 Å². The van der Waals surface area contributed by atoms with E-state index in [1.807, 2.05) is 32.9 Å². The lowest BCUT2D eigenvalue weighted by atomic mass is 9.95. The lowest BCUT2D eigenvalue weighted by molar-refractivity contribution is -0.0368. The number of benzene rings is 1. The number of thiazole rings is 1. The standard InChI is InChI=1S/C30H36ClN7O4S/c1-30(2,3)42-29(40)35(4)20-14-16-9-12-19(20)37(16)28-33-26-22(27(39)36(28)5)24(34-38(26)21-8-6-7-13-41-21)17-10-11-18-25(23(17)31)43-15-32-18/h10-11,15-16,19-21H,6-9,12-14H2,1-5H3/t16-,19+,20+,21?/m0/s1. The number of halogens is 1. The van der Waals surface area contributed by atoms with Gasteiger partial charge >= 0.3 is 6.09 Å². The molecule has 0 spiro atoms. The summed E-state index contributed by atoms with van der Waals surface area (Å²) in [5.74, 6) is 0.581. The van der Waals surface area contributed by atoms with Crippen molar-refractivity contribution in [1.29, 1.82) is 0 Å². The summed E-state index contributed by atoms with van der Waals surface area (Å²) in [6.45, 7) is 6.24. The smallest absolute Gasteiger partial charge is 0.410 e. The number of fused-ring (bicyclic) bond motifs is 4. The summed E-state index contributed by atoms with van der Waals surface area (Å²) in [6, 6.07) is 3.91. The van der Waals surface area contributed by atoms with Gasteiger partial charge in [0.1, 0.15) is 16.7 Å². The molecule has 4 aromatic rings. The Bertz CT molecular complexity index is 1790. The van der Waals surface area contributed by atoms with E-state index in [4.69, 9.17) is 31.2 Å². The maximum atomic E-state index is 14.3. The third kappa shape index (κ3) is 4.69. The molecule has 1 aromatic carbocycles. The molecule has 0 radical (unpaired) electrons. The second kappa shape index (κ2) is 10.4. The maximum Gasteiger partial charge on any atom is 0.410 e. The Morgan fingerprint density at radius 2 is 2.02 bits per heavy atom. The minimum absolute atomic E-state index is 0.0167. The van der Waals surface area contributed by atoms with Gasteiger partial charge in [-0.05, 0) is 71.4 Å². The van der Waals surface area contributed by atoms with Crippen molar-refractivity contribution in [2.75, 3.05) is 18.6 Å². The third-order valence-corrected chi connectivity index (χ3v) is 10.3. The molecule has 3 aromatic heterocycles. The van der Waals surface area contributed by atoms with Crippen LogP contribution in [0.5, 0.6) is 0 Å². The Labute approximate surface area is 258 Å². The Kier molecular flexibility index (Phi) is 6.94. The highest BCUT2D eigenvalue weighted by Crippen LogP contribution is 2.44. The number of amides is 1. The van der Waals surface area contributed by atoms with E-state index in [9.17, 15) is 9.59 Å². The Morgan fingerprint density at radius 1 is 1.21 bits per heavy atom. The quantitative estimate of drug-likeness (QED) is 0.283. The van der Waals surface area contributed by atoms with E-state index in [1.54, 1.807) is 33.8 Å². The largest absolute Gasteiger partial charge is 0.444 e. The van der Waals surface area contributed by atoms with Gasteiger partial charge in [-0.3, -0.25) is 9.36 Å². The van der Waals surface area contributed by atoms with Crippen LogP contribution >= 0.6 is 22.9 Å². The molecule has 1 unspecified atom stereocenters. The van der Waals surface area contributed by atoms with Gasteiger partial charge in [-0.15, -0.1) is 11.3 Å². The first-order chi connectivity index (χ1) is 20.5. The van der Waals surface area contributed by atoms with Gasteiger partial charge in [-0.2, -0.15) is 10.1 Å². The van der Waals surface area contributed by atoms with Crippen LogP contribution in [0, 0.1) is 0 Å². The van der Waals surface area contributed by atoms with Gasteiger partial charge in [-0.25, -0.2) is 14.5 Å². The minimum Gasteiger partial charge on any atom is -0.444 e. The van der Waals surface area contributed by atoms with Crippen molar-refractivity contribution in [2.24, 2.45) is 7.05 Å². The summed E-state index contributed by atoms with van der Waals surface area (Å²) in [4.78, 5) is 40.8. The monoisotopic (exact) mass is 625 g/mol. The zero-order chi connectivity index (χ0) is 30.2. The van der Waals surface area contributed by atoms with Crippen molar-refractivity contribution < 1.29 is 14.3 Å². The van der Waals surface area contributed by atoms with Gasteiger partial charge < -0.3 is 19.3 Å². The van der Waals surface area contributed by atoms with Crippen LogP contribution in [-0.4, -0.2) is 72.7 Å². The van der Waals surface area contributed by atoms with Gasteiger partial charge in [0, 0.05) is 32.3 Å². The molecule has 3 fully saturated rings. The average molecular weight is 626 g/mol. The van der Waals surface area contributed by atoms with E-state index in [1.165, 1.54) is 11.3 Å². The molecule has 11 nitrogen and oxygen atoms in total. The van der Waals surface area contributed by atoms with E-state index < -0.39 is 5.60 Å². The molecule has 0 saturated carbocycles. The Hall–Kier alpha value is -3.22. The number of hydrogen-bond acceptors (Lipinski definition) is 9. The zero-order valence-corrected chi connectivity index (χ0v) is 26.6. The molecule has 3 aliphatic rings. The van der Waals surface area contributed by atoms with Gasteiger partial charge in [0.05, 0.1) is 32.8 Å². The highest BCUT2D eigenvalue weighted by molar-refractivity contribution is 7.17. The maximum absolute atomic E-state index is 14.3. The first kappa shape index (κ1) is 28.5. The van der Waals surface area contributed by atoms with Crippen LogP contribution in [0.4, 0.5) is 10.7 Å². The van der Waals surface area contributed by atoms with Crippen molar-refractivity contribution in [3.63, 3.8) is 0 Å². The second-order valence-electron chi connectivity index (χ2n) is 12.8. The fraction of sp³-hybridized carbons (Fsp3) is 0.567. The number of ether oxygens (including phenoxy) is 2. The number of likely N-dealkylation sites (N-methyl/N-ethyl adjacent to an activating group) is 1. The number of carbonyl (C=O) groups is 1. The Morgan fingerprint density at radius 3 is 2.77 bits per heavy atom. The molecule has 6 heterocycles. The molecule has 0 N–H and O–H groups in total. The van der Waals surface area contributed by atoms with E-state index in [0.29, 0.717) is 39.9 Å². The highest BCUT2D eigenvalue weighted by Gasteiger charge is 2.51. The molecule has 4 atom stereocenters. The molecule has 3 saturated heterocycles. The van der Waals surface area contributed by atoms with E-state index in [-0.39, 0.29) is 36.0 Å². The van der Waals surface area contributed by atoms with Crippen LogP contribution in [0.3, 0.4) is 0 Å². The number of hydrogen-bond donors (Lipinski definition) is 0. The van der Waals surface area contributed by atoms with Crippen LogP contribution in [0.1, 0.15) is 65.5 Å². The second-order valence-corrected chi connectivity index (χ2v) is 14.0. The van der Waals surface area contributed by atoms with Crippen molar-refractivity contribution in [3.8, 4) is 11.3 Å². The van der Waals surface area contributed by atoms with Crippen LogP contribution in [-0.2, 0) is 16.5 Å². The Balaban J connectivity index is 1.35. The summed E-state index contributed by atoms with van der Waals surface area (Å²) in [7, 11) is 3.57. The van der Waals surface area contributed by atoms with Gasteiger partial charge in [0.25, 0.3) is 5.56 Å². The van der Waals surface area contributed by atoms with Crippen molar-refractivity contribution in [1.82, 2.24) is 29.2 Å². The SMILES string of the molecule is CN(C(=O)OC(C)(C)C)[C@@H]1C[C@@H]2CC[C@H]1N2c1nc2c(c(-c3ccc4ncsc4c3Cl)nn2C2CCCCO2)c(=O)n1C. The molecular formula is C30H36ClN7O4S. The normalized spacial score (nSPS) is 23.9. The molecule has 13 heteroatoms. The predicted molar refractivity (Wildman–Crippen MR) is 167 cm³/mol. The summed E-state index contributed by atoms with van der Waals surface area (Å²) in [6.07, 6.45) is 4.76. The molecule has 1 amide bonds. The lowest BCUT2D eigenvalue weighted by Crippen LogP contribution is -2.47. The molecule has 7 rings (SSSR count). The summed E-state index contributed by atoms with van der Waals surface area (Å²) < 4.78 is 16.1. The van der Waals surface area contributed by atoms with E-state index in [2.05, 4.69) is 9.88 Å². The van der Waals surface area contributed by atoms with Crippen LogP contribution < -0.4 is 10.5 Å². The summed E-state index contributed by atoms with van der Waals surface area (Å²) in [5, 5.41) is 5.92. The van der Waals surface area contributed by atoms with E-state index in [0.717, 1.165) is 48.7 Å². The van der Waals surface area contributed by atoms with Crippen LogP contribution in [0.2, 0.25) is 5.02 Å². The van der Waals surface area contributed by atoms with Crippen molar-refractivity contribution in [2.45, 2.75) is 89.3 Å². The third-order valence-electron chi connectivity index (χ3n) is 8.95. The van der Waals surface area contributed by atoms with Crippen LogP contribution in [0.25, 0.3) is 32.5 Å². The van der Waals surface area contributed by atoms with Gasteiger partial charge in [0.15, 0.2) is 11.9 Å². The van der Waals surface area contributed by atoms with E-state index >= 15 is 0 Å².